The van der Waals surface area contributed by atoms with E-state index in [1.54, 1.807) is 42.5 Å². The molecule has 4 heteroatoms. The van der Waals surface area contributed by atoms with Crippen LogP contribution in [0.5, 0.6) is 0 Å². The van der Waals surface area contributed by atoms with E-state index in [0.717, 1.165) is 0 Å². The molecule has 1 heterocycles. The maximum atomic E-state index is 13.1. The van der Waals surface area contributed by atoms with E-state index < -0.39 is 0 Å². The molecule has 3 nitrogen and oxygen atoms in total. The number of halogens is 1. The summed E-state index contributed by atoms with van der Waals surface area (Å²) in [5, 5.41) is 0.666. The van der Waals surface area contributed by atoms with Gasteiger partial charge in [-0.3, -0.25) is 4.79 Å². The van der Waals surface area contributed by atoms with Gasteiger partial charge < -0.3 is 5.73 Å². The summed E-state index contributed by atoms with van der Waals surface area (Å²) in [6.07, 6.45) is 0. The van der Waals surface area contributed by atoms with Gasteiger partial charge in [-0.1, -0.05) is 6.07 Å². The molecule has 0 atom stereocenters. The number of anilines is 1. The zero-order valence-electron chi connectivity index (χ0n) is 10.5. The Morgan fingerprint density at radius 1 is 1.00 bits per heavy atom. The quantitative estimate of drug-likeness (QED) is 0.572. The maximum absolute atomic E-state index is 13.1. The molecule has 3 aromatic rings. The van der Waals surface area contributed by atoms with Crippen LogP contribution in [0.25, 0.3) is 10.9 Å². The van der Waals surface area contributed by atoms with Crippen molar-refractivity contribution < 1.29 is 9.18 Å². The highest BCUT2D eigenvalue weighted by atomic mass is 19.1. The zero-order valence-corrected chi connectivity index (χ0v) is 10.5. The number of carbonyl (C=O) groups is 1. The number of nitrogens with two attached hydrogens (primary N) is 1. The molecule has 0 fully saturated rings. The normalized spacial score (nSPS) is 10.7. The molecular formula is C16H11FN2O. The van der Waals surface area contributed by atoms with E-state index in [9.17, 15) is 9.18 Å². The van der Waals surface area contributed by atoms with Crippen molar-refractivity contribution in [1.29, 1.82) is 0 Å². The van der Waals surface area contributed by atoms with E-state index in [-0.39, 0.29) is 11.6 Å². The molecule has 1 aromatic heterocycles. The standard InChI is InChI=1S/C16H11FN2O/c17-12-4-8-14-11(9-12)3-7-15(19-14)16(20)10-1-5-13(18)6-2-10/h1-9H,18H2. The van der Waals surface area contributed by atoms with Gasteiger partial charge in [-0.15, -0.1) is 0 Å². The second-order valence-electron chi connectivity index (χ2n) is 4.48. The molecule has 0 aliphatic rings. The van der Waals surface area contributed by atoms with Gasteiger partial charge in [0.15, 0.2) is 0 Å². The minimum atomic E-state index is -0.322. The first-order chi connectivity index (χ1) is 9.63. The first-order valence-corrected chi connectivity index (χ1v) is 6.10. The monoisotopic (exact) mass is 266 g/mol. The van der Waals surface area contributed by atoms with Crippen LogP contribution >= 0.6 is 0 Å². The van der Waals surface area contributed by atoms with Gasteiger partial charge >= 0.3 is 0 Å². The Labute approximate surface area is 114 Å². The number of rotatable bonds is 2. The van der Waals surface area contributed by atoms with Crippen LogP contribution in [0.3, 0.4) is 0 Å². The average molecular weight is 266 g/mol. The predicted octanol–water partition coefficient (Wildman–Crippen LogP) is 3.19. The van der Waals surface area contributed by atoms with E-state index in [1.807, 2.05) is 0 Å². The van der Waals surface area contributed by atoms with Crippen LogP contribution in [0.15, 0.2) is 54.6 Å². The van der Waals surface area contributed by atoms with Gasteiger partial charge in [-0.05, 0) is 48.5 Å². The number of hydrogen-bond donors (Lipinski definition) is 1. The second kappa shape index (κ2) is 4.74. The number of nitrogens with zero attached hydrogens (tertiary/aromatic N) is 1. The molecular weight excluding hydrogens is 255 g/mol. The fourth-order valence-corrected chi connectivity index (χ4v) is 2.01. The maximum Gasteiger partial charge on any atom is 0.211 e. The van der Waals surface area contributed by atoms with Crippen molar-refractivity contribution in [2.45, 2.75) is 0 Å². The van der Waals surface area contributed by atoms with E-state index in [2.05, 4.69) is 4.98 Å². The largest absolute Gasteiger partial charge is 0.399 e. The fraction of sp³-hybridized carbons (Fsp3) is 0. The number of carbonyl (C=O) groups excluding carboxylic acids is 1. The molecule has 2 aromatic carbocycles. The van der Waals surface area contributed by atoms with Gasteiger partial charge in [0.2, 0.25) is 5.78 Å². The zero-order chi connectivity index (χ0) is 14.1. The van der Waals surface area contributed by atoms with Gasteiger partial charge in [0.1, 0.15) is 11.5 Å². The molecule has 20 heavy (non-hydrogen) atoms. The molecule has 0 saturated heterocycles. The number of aromatic nitrogens is 1. The summed E-state index contributed by atoms with van der Waals surface area (Å²) in [6.45, 7) is 0. The molecule has 2 N–H and O–H groups in total. The van der Waals surface area contributed by atoms with Crippen LogP contribution in [0.2, 0.25) is 0 Å². The Morgan fingerprint density at radius 2 is 1.75 bits per heavy atom. The van der Waals surface area contributed by atoms with Crippen LogP contribution in [0.1, 0.15) is 16.1 Å². The Balaban J connectivity index is 2.03. The Kier molecular flexibility index (Phi) is 2.91. The van der Waals surface area contributed by atoms with E-state index >= 15 is 0 Å². The number of fused-ring (bicyclic) bond motifs is 1. The summed E-state index contributed by atoms with van der Waals surface area (Å²) < 4.78 is 13.1. The molecule has 0 radical (unpaired) electrons. The van der Waals surface area contributed by atoms with Crippen molar-refractivity contribution >= 4 is 22.4 Å². The van der Waals surface area contributed by atoms with Gasteiger partial charge in [0.05, 0.1) is 5.52 Å². The fourth-order valence-electron chi connectivity index (χ4n) is 2.01. The predicted molar refractivity (Wildman–Crippen MR) is 76.0 cm³/mol. The molecule has 98 valence electrons. The SMILES string of the molecule is Nc1ccc(C(=O)c2ccc3cc(F)ccc3n2)cc1. The van der Waals surface area contributed by atoms with E-state index in [1.165, 1.54) is 12.1 Å². The third-order valence-electron chi connectivity index (χ3n) is 3.06. The van der Waals surface area contributed by atoms with Crippen molar-refractivity contribution in [3.8, 4) is 0 Å². The van der Waals surface area contributed by atoms with Gasteiger partial charge in [0.25, 0.3) is 0 Å². The molecule has 0 spiro atoms. The first kappa shape index (κ1) is 12.3. The number of benzene rings is 2. The van der Waals surface area contributed by atoms with Crippen LogP contribution in [-0.4, -0.2) is 10.8 Å². The minimum Gasteiger partial charge on any atom is -0.399 e. The minimum absolute atomic E-state index is 0.184. The number of nitrogen functional groups attached to an aromatic ring is 1. The summed E-state index contributed by atoms with van der Waals surface area (Å²) in [5.41, 5.74) is 7.63. The third-order valence-corrected chi connectivity index (χ3v) is 3.06. The first-order valence-electron chi connectivity index (χ1n) is 6.10. The van der Waals surface area contributed by atoms with E-state index in [0.29, 0.717) is 27.8 Å². The highest BCUT2D eigenvalue weighted by molar-refractivity contribution is 6.08. The molecule has 0 saturated carbocycles. The summed E-state index contributed by atoms with van der Waals surface area (Å²) >= 11 is 0. The Morgan fingerprint density at radius 3 is 2.50 bits per heavy atom. The summed E-state index contributed by atoms with van der Waals surface area (Å²) in [5.74, 6) is -0.506. The lowest BCUT2D eigenvalue weighted by molar-refractivity contribution is 0.103. The lowest BCUT2D eigenvalue weighted by atomic mass is 10.1. The summed E-state index contributed by atoms with van der Waals surface area (Å²) in [4.78, 5) is 16.6. The van der Waals surface area contributed by atoms with Crippen molar-refractivity contribution in [3.63, 3.8) is 0 Å². The average Bonchev–Trinajstić information content (AvgIpc) is 2.47. The van der Waals surface area contributed by atoms with Crippen molar-refractivity contribution in [3.05, 3.63) is 71.7 Å². The molecule has 0 aliphatic heterocycles. The van der Waals surface area contributed by atoms with Gasteiger partial charge in [-0.2, -0.15) is 0 Å². The smallest absolute Gasteiger partial charge is 0.211 e. The highest BCUT2D eigenvalue weighted by Crippen LogP contribution is 2.16. The summed E-state index contributed by atoms with van der Waals surface area (Å²) in [7, 11) is 0. The summed E-state index contributed by atoms with van der Waals surface area (Å²) in [6, 6.07) is 14.2. The Bertz CT molecular complexity index is 797. The van der Waals surface area contributed by atoms with Gasteiger partial charge in [0, 0.05) is 16.6 Å². The lowest BCUT2D eigenvalue weighted by Crippen LogP contribution is -2.04. The van der Waals surface area contributed by atoms with Crippen LogP contribution in [-0.2, 0) is 0 Å². The lowest BCUT2D eigenvalue weighted by Gasteiger charge is -2.03. The Hall–Kier alpha value is -2.75. The van der Waals surface area contributed by atoms with Crippen molar-refractivity contribution in [2.24, 2.45) is 0 Å². The number of hydrogen-bond acceptors (Lipinski definition) is 3. The third kappa shape index (κ3) is 2.23. The van der Waals surface area contributed by atoms with Crippen LogP contribution < -0.4 is 5.73 Å². The van der Waals surface area contributed by atoms with Crippen molar-refractivity contribution in [2.75, 3.05) is 5.73 Å². The second-order valence-corrected chi connectivity index (χ2v) is 4.48. The topological polar surface area (TPSA) is 56.0 Å². The molecule has 0 aliphatic carbocycles. The highest BCUT2D eigenvalue weighted by Gasteiger charge is 2.11. The van der Waals surface area contributed by atoms with Gasteiger partial charge in [-0.25, -0.2) is 9.37 Å². The van der Waals surface area contributed by atoms with Crippen LogP contribution in [0, 0.1) is 5.82 Å². The van der Waals surface area contributed by atoms with Crippen molar-refractivity contribution in [1.82, 2.24) is 4.98 Å². The van der Waals surface area contributed by atoms with Crippen LogP contribution in [0.4, 0.5) is 10.1 Å². The molecule has 3 rings (SSSR count). The number of ketones is 1. The molecule has 0 bridgehead atoms. The molecule has 0 amide bonds. The van der Waals surface area contributed by atoms with E-state index in [4.69, 9.17) is 5.73 Å². The molecule has 0 unspecified atom stereocenters. The number of pyridine rings is 1.